The van der Waals surface area contributed by atoms with Gasteiger partial charge in [0, 0.05) is 10.6 Å². The number of sulfonamides is 1. The van der Waals surface area contributed by atoms with Crippen LogP contribution in [0.1, 0.15) is 24.5 Å². The Hall–Kier alpha value is -2.47. The van der Waals surface area contributed by atoms with Crippen LogP contribution in [0.4, 0.5) is 32.0 Å². The molecule has 0 unspecified atom stereocenters. The van der Waals surface area contributed by atoms with E-state index in [-0.39, 0.29) is 28.5 Å². The normalized spacial score (nSPS) is 13.3. The minimum absolute atomic E-state index is 0.0278. The van der Waals surface area contributed by atoms with Crippen molar-refractivity contribution in [2.75, 3.05) is 4.72 Å². The van der Waals surface area contributed by atoms with Crippen LogP contribution in [0.15, 0.2) is 47.6 Å². The molecule has 2 aromatic carbocycles. The molecule has 30 heavy (non-hydrogen) atoms. The number of benzene rings is 2. The lowest BCUT2D eigenvalue weighted by molar-refractivity contribution is -0.137. The molecule has 13 heteroatoms. The van der Waals surface area contributed by atoms with E-state index >= 15 is 0 Å². The zero-order valence-electron chi connectivity index (χ0n) is 15.0. The number of hydrogen-bond donors (Lipinski definition) is 1. The highest BCUT2D eigenvalue weighted by atomic mass is 35.5. The van der Waals surface area contributed by atoms with E-state index in [1.165, 1.54) is 17.7 Å². The molecule has 0 spiro atoms. The van der Waals surface area contributed by atoms with E-state index in [4.69, 9.17) is 16.4 Å². The fourth-order valence-corrected chi connectivity index (χ4v) is 2.94. The largest absolute Gasteiger partial charge is 0.516 e. The van der Waals surface area contributed by atoms with Crippen LogP contribution in [0.3, 0.4) is 0 Å². The number of rotatable bonds is 6. The molecule has 0 amide bonds. The van der Waals surface area contributed by atoms with E-state index in [1.807, 2.05) is 0 Å². The van der Waals surface area contributed by atoms with Gasteiger partial charge in [-0.1, -0.05) is 29.7 Å². The average molecular weight is 475 g/mol. The second-order valence-electron chi connectivity index (χ2n) is 5.75. The zero-order chi connectivity index (χ0) is 22.7. The van der Waals surface area contributed by atoms with E-state index in [0.29, 0.717) is 6.07 Å². The van der Waals surface area contributed by atoms with Crippen LogP contribution in [0, 0.1) is 0 Å². The summed E-state index contributed by atoms with van der Waals surface area (Å²) < 4.78 is 101. The SMILES string of the molecule is CCC(=NOc1cccc(C(F)(F)F)c1)c1cc(Cl)ccc1NS(=O)(=O)C(F)(F)F. The Morgan fingerprint density at radius 1 is 1.10 bits per heavy atom. The maximum Gasteiger partial charge on any atom is 0.516 e. The Kier molecular flexibility index (Phi) is 6.92. The Labute approximate surface area is 172 Å². The molecule has 0 aliphatic heterocycles. The van der Waals surface area contributed by atoms with Gasteiger partial charge in [-0.25, -0.2) is 0 Å². The third-order valence-corrected chi connectivity index (χ3v) is 4.93. The van der Waals surface area contributed by atoms with E-state index in [9.17, 15) is 34.8 Å². The quantitative estimate of drug-likeness (QED) is 0.326. The zero-order valence-corrected chi connectivity index (χ0v) is 16.5. The van der Waals surface area contributed by atoms with Gasteiger partial charge in [0.05, 0.1) is 17.0 Å². The van der Waals surface area contributed by atoms with E-state index < -0.39 is 33.0 Å². The molecule has 0 saturated carbocycles. The van der Waals surface area contributed by atoms with Gasteiger partial charge >= 0.3 is 21.7 Å². The maximum atomic E-state index is 12.8. The molecule has 0 aliphatic carbocycles. The predicted molar refractivity (Wildman–Crippen MR) is 98.9 cm³/mol. The van der Waals surface area contributed by atoms with Crippen molar-refractivity contribution in [3.8, 4) is 5.75 Å². The van der Waals surface area contributed by atoms with Crippen LogP contribution in [0.25, 0.3) is 0 Å². The molecule has 0 bridgehead atoms. The Balaban J connectivity index is 2.42. The van der Waals surface area contributed by atoms with Gasteiger partial charge in [-0.15, -0.1) is 0 Å². The summed E-state index contributed by atoms with van der Waals surface area (Å²) in [4.78, 5) is 4.99. The van der Waals surface area contributed by atoms with Gasteiger partial charge in [-0.05, 0) is 42.8 Å². The van der Waals surface area contributed by atoms with Crippen molar-refractivity contribution >= 4 is 33.0 Å². The van der Waals surface area contributed by atoms with Gasteiger partial charge in [0.15, 0.2) is 5.75 Å². The van der Waals surface area contributed by atoms with Crippen molar-refractivity contribution in [1.29, 1.82) is 0 Å². The van der Waals surface area contributed by atoms with Gasteiger partial charge in [-0.3, -0.25) is 4.72 Å². The van der Waals surface area contributed by atoms with Crippen molar-refractivity contribution in [2.45, 2.75) is 25.0 Å². The lowest BCUT2D eigenvalue weighted by Crippen LogP contribution is -2.30. The van der Waals surface area contributed by atoms with E-state index in [1.54, 1.807) is 0 Å². The molecule has 2 rings (SSSR count). The highest BCUT2D eigenvalue weighted by Gasteiger charge is 2.46. The van der Waals surface area contributed by atoms with Crippen molar-refractivity contribution in [3.05, 3.63) is 58.6 Å². The standard InChI is InChI=1S/C17H13ClF6N2O3S/c1-2-14(25-29-12-5-3-4-10(8-12)16(19,20)21)13-9-11(18)6-7-15(13)26-30(27,28)17(22,23)24/h3-9,26H,2H2,1H3. The van der Waals surface area contributed by atoms with Crippen molar-refractivity contribution < 1.29 is 39.6 Å². The molecule has 0 aromatic heterocycles. The molecule has 0 saturated heterocycles. The molecule has 5 nitrogen and oxygen atoms in total. The summed E-state index contributed by atoms with van der Waals surface area (Å²) in [6, 6.07) is 7.07. The first-order valence-electron chi connectivity index (χ1n) is 8.04. The first kappa shape index (κ1) is 23.8. The number of nitrogens with zero attached hydrogens (tertiary/aromatic N) is 1. The lowest BCUT2D eigenvalue weighted by Gasteiger charge is -2.15. The molecule has 0 radical (unpaired) electrons. The van der Waals surface area contributed by atoms with E-state index in [2.05, 4.69) is 5.16 Å². The summed E-state index contributed by atoms with van der Waals surface area (Å²) in [6.07, 6.45) is -4.59. The van der Waals surface area contributed by atoms with Crippen LogP contribution in [-0.4, -0.2) is 19.6 Å². The predicted octanol–water partition coefficient (Wildman–Crippen LogP) is 5.81. The van der Waals surface area contributed by atoms with Gasteiger partial charge in [-0.2, -0.15) is 34.8 Å². The summed E-state index contributed by atoms with van der Waals surface area (Å²) in [5, 5.41) is 3.73. The number of halogens is 7. The Bertz CT molecular complexity index is 1050. The average Bonchev–Trinajstić information content (AvgIpc) is 2.63. The summed E-state index contributed by atoms with van der Waals surface area (Å²) in [5.41, 5.74) is -7.23. The summed E-state index contributed by atoms with van der Waals surface area (Å²) in [5.74, 6) is -0.282. The fourth-order valence-electron chi connectivity index (χ4n) is 2.19. The third-order valence-electron chi connectivity index (χ3n) is 3.60. The minimum Gasteiger partial charge on any atom is -0.357 e. The van der Waals surface area contributed by atoms with Crippen LogP contribution in [-0.2, 0) is 16.2 Å². The molecule has 0 fully saturated rings. The first-order valence-corrected chi connectivity index (χ1v) is 9.91. The minimum atomic E-state index is -5.73. The second-order valence-corrected chi connectivity index (χ2v) is 7.86. The van der Waals surface area contributed by atoms with Gasteiger partial charge < -0.3 is 4.84 Å². The molecule has 0 atom stereocenters. The highest BCUT2D eigenvalue weighted by molar-refractivity contribution is 7.93. The number of anilines is 1. The molecular formula is C17H13ClF6N2O3S. The van der Waals surface area contributed by atoms with Gasteiger partial charge in [0.25, 0.3) is 0 Å². The number of nitrogens with one attached hydrogen (secondary N) is 1. The van der Waals surface area contributed by atoms with Crippen LogP contribution in [0.2, 0.25) is 5.02 Å². The van der Waals surface area contributed by atoms with Crippen molar-refractivity contribution in [2.24, 2.45) is 5.16 Å². The molecule has 0 aliphatic rings. The Morgan fingerprint density at radius 2 is 1.77 bits per heavy atom. The first-order chi connectivity index (χ1) is 13.7. The summed E-state index contributed by atoms with van der Waals surface area (Å²) in [6.45, 7) is 1.53. The maximum absolute atomic E-state index is 12.8. The molecule has 164 valence electrons. The molecule has 2 aromatic rings. The third kappa shape index (κ3) is 5.79. The number of hydrogen-bond acceptors (Lipinski definition) is 4. The van der Waals surface area contributed by atoms with Crippen LogP contribution in [0.5, 0.6) is 5.75 Å². The molecule has 1 N–H and O–H groups in total. The van der Waals surface area contributed by atoms with Crippen molar-refractivity contribution in [1.82, 2.24) is 0 Å². The second kappa shape index (κ2) is 8.72. The number of oxime groups is 1. The number of alkyl halides is 6. The summed E-state index contributed by atoms with van der Waals surface area (Å²) >= 11 is 5.85. The Morgan fingerprint density at radius 3 is 2.33 bits per heavy atom. The van der Waals surface area contributed by atoms with E-state index in [0.717, 1.165) is 30.3 Å². The lowest BCUT2D eigenvalue weighted by atomic mass is 10.1. The molecule has 0 heterocycles. The fraction of sp³-hybridized carbons (Fsp3) is 0.235. The summed E-state index contributed by atoms with van der Waals surface area (Å²) in [7, 11) is -5.73. The molecular weight excluding hydrogens is 462 g/mol. The topological polar surface area (TPSA) is 67.8 Å². The van der Waals surface area contributed by atoms with Crippen LogP contribution >= 0.6 is 11.6 Å². The van der Waals surface area contributed by atoms with Gasteiger partial charge in [0.1, 0.15) is 0 Å². The van der Waals surface area contributed by atoms with Crippen LogP contribution < -0.4 is 9.56 Å². The monoisotopic (exact) mass is 474 g/mol. The highest BCUT2D eigenvalue weighted by Crippen LogP contribution is 2.32. The van der Waals surface area contributed by atoms with Gasteiger partial charge in [0.2, 0.25) is 0 Å². The van der Waals surface area contributed by atoms with Crippen molar-refractivity contribution in [3.63, 3.8) is 0 Å². The smallest absolute Gasteiger partial charge is 0.357 e.